The van der Waals surface area contributed by atoms with Crippen LogP contribution in [0.2, 0.25) is 0 Å². The Kier molecular flexibility index (Phi) is 6.01. The van der Waals surface area contributed by atoms with Crippen LogP contribution in [0.4, 0.5) is 5.95 Å². The lowest BCUT2D eigenvalue weighted by Crippen LogP contribution is -3.15. The minimum atomic E-state index is 0.159. The van der Waals surface area contributed by atoms with Gasteiger partial charge in [-0.05, 0) is 23.8 Å². The quantitative estimate of drug-likeness (QED) is 0.780. The molecule has 1 N–H and O–H groups in total. The van der Waals surface area contributed by atoms with Crippen molar-refractivity contribution in [2.45, 2.75) is 6.54 Å². The molecule has 0 spiro atoms. The van der Waals surface area contributed by atoms with Gasteiger partial charge in [0.2, 0.25) is 5.95 Å². The molecule has 7 heteroatoms. The summed E-state index contributed by atoms with van der Waals surface area (Å²) in [6.45, 7) is 4.67. The van der Waals surface area contributed by atoms with Crippen LogP contribution >= 0.6 is 0 Å². The summed E-state index contributed by atoms with van der Waals surface area (Å²) >= 11 is 0. The lowest BCUT2D eigenvalue weighted by Gasteiger charge is -2.32. The maximum Gasteiger partial charge on any atom is 0.277 e. The second-order valence-electron chi connectivity index (χ2n) is 6.56. The van der Waals surface area contributed by atoms with E-state index in [2.05, 4.69) is 14.9 Å². The van der Waals surface area contributed by atoms with Gasteiger partial charge in [-0.1, -0.05) is 12.1 Å². The Morgan fingerprint density at radius 1 is 1.23 bits per heavy atom. The number of methoxy groups -OCH3 is 1. The highest BCUT2D eigenvalue weighted by Gasteiger charge is 2.24. The topological polar surface area (TPSA) is 63.0 Å². The van der Waals surface area contributed by atoms with Crippen LogP contribution in [0, 0.1) is 0 Å². The number of hydrogen-bond acceptors (Lipinski definition) is 5. The number of likely N-dealkylation sites (N-methyl/N-ethyl adjacent to an activating group) is 1. The molecule has 1 aliphatic rings. The van der Waals surface area contributed by atoms with Gasteiger partial charge in [0.15, 0.2) is 6.54 Å². The molecule has 2 aromatic rings. The molecule has 3 rings (SSSR count). The van der Waals surface area contributed by atoms with E-state index in [4.69, 9.17) is 4.74 Å². The molecule has 0 saturated carbocycles. The third-order valence-electron chi connectivity index (χ3n) is 4.69. The monoisotopic (exact) mass is 356 g/mol. The number of piperazine rings is 1. The lowest BCUT2D eigenvalue weighted by molar-refractivity contribution is -0.892. The standard InChI is InChI=1S/C19H25N5O2/c1-22(14-16-5-3-6-17(13-16)26-2)18(25)15-23-9-11-24(12-10-23)19-20-7-4-8-21-19/h3-8,13H,9-12,14-15H2,1-2H3/p+1. The molecule has 1 aliphatic heterocycles. The predicted octanol–water partition coefficient (Wildman–Crippen LogP) is -0.151. The van der Waals surface area contributed by atoms with Crippen molar-refractivity contribution in [3.63, 3.8) is 0 Å². The second-order valence-corrected chi connectivity index (χ2v) is 6.56. The minimum Gasteiger partial charge on any atom is -0.497 e. The summed E-state index contributed by atoms with van der Waals surface area (Å²) in [5.41, 5.74) is 1.07. The summed E-state index contributed by atoms with van der Waals surface area (Å²) in [5, 5.41) is 0. The summed E-state index contributed by atoms with van der Waals surface area (Å²) in [7, 11) is 3.51. The Balaban J connectivity index is 1.47. The zero-order valence-corrected chi connectivity index (χ0v) is 15.4. The number of nitrogens with one attached hydrogen (secondary N) is 1. The van der Waals surface area contributed by atoms with Gasteiger partial charge >= 0.3 is 0 Å². The first kappa shape index (κ1) is 18.1. The zero-order valence-electron chi connectivity index (χ0n) is 15.4. The highest BCUT2D eigenvalue weighted by Crippen LogP contribution is 2.13. The maximum atomic E-state index is 12.6. The lowest BCUT2D eigenvalue weighted by atomic mass is 10.2. The molecular weight excluding hydrogens is 330 g/mol. The van der Waals surface area contributed by atoms with Crippen molar-refractivity contribution >= 4 is 11.9 Å². The van der Waals surface area contributed by atoms with Crippen LogP contribution in [0.3, 0.4) is 0 Å². The highest BCUT2D eigenvalue weighted by atomic mass is 16.5. The van der Waals surface area contributed by atoms with Crippen LogP contribution in [-0.4, -0.2) is 67.7 Å². The van der Waals surface area contributed by atoms with E-state index >= 15 is 0 Å². The summed E-state index contributed by atoms with van der Waals surface area (Å²) in [6, 6.07) is 9.66. The van der Waals surface area contributed by atoms with Crippen molar-refractivity contribution in [2.75, 3.05) is 51.8 Å². The number of carbonyl (C=O) groups is 1. The van der Waals surface area contributed by atoms with Gasteiger partial charge in [-0.3, -0.25) is 4.79 Å². The fraction of sp³-hybridized carbons (Fsp3) is 0.421. The van der Waals surface area contributed by atoms with E-state index in [0.29, 0.717) is 13.1 Å². The molecule has 26 heavy (non-hydrogen) atoms. The van der Waals surface area contributed by atoms with E-state index in [1.54, 1.807) is 24.4 Å². The van der Waals surface area contributed by atoms with E-state index in [9.17, 15) is 4.79 Å². The van der Waals surface area contributed by atoms with Gasteiger partial charge in [0, 0.05) is 26.0 Å². The molecule has 0 bridgehead atoms. The van der Waals surface area contributed by atoms with Gasteiger partial charge < -0.3 is 19.4 Å². The number of amides is 1. The molecule has 0 radical (unpaired) electrons. The molecular formula is C19H26N5O2+. The number of carbonyl (C=O) groups excluding carboxylic acids is 1. The molecule has 0 aliphatic carbocycles. The Morgan fingerprint density at radius 2 is 1.96 bits per heavy atom. The Hall–Kier alpha value is -2.67. The Bertz CT molecular complexity index is 717. The largest absolute Gasteiger partial charge is 0.497 e. The van der Waals surface area contributed by atoms with Crippen molar-refractivity contribution in [1.82, 2.24) is 14.9 Å². The van der Waals surface area contributed by atoms with E-state index in [1.807, 2.05) is 37.4 Å². The van der Waals surface area contributed by atoms with Gasteiger partial charge in [0.1, 0.15) is 5.75 Å². The van der Waals surface area contributed by atoms with Gasteiger partial charge in [-0.15, -0.1) is 0 Å². The predicted molar refractivity (Wildman–Crippen MR) is 99.3 cm³/mol. The number of aromatic nitrogens is 2. The zero-order chi connectivity index (χ0) is 18.4. The van der Waals surface area contributed by atoms with Crippen molar-refractivity contribution < 1.29 is 14.4 Å². The first-order valence-electron chi connectivity index (χ1n) is 8.88. The number of quaternary nitrogens is 1. The van der Waals surface area contributed by atoms with Crippen LogP contribution in [0.5, 0.6) is 5.75 Å². The van der Waals surface area contributed by atoms with Gasteiger partial charge in [-0.2, -0.15) is 0 Å². The fourth-order valence-electron chi connectivity index (χ4n) is 3.14. The third-order valence-corrected chi connectivity index (χ3v) is 4.69. The van der Waals surface area contributed by atoms with Crippen LogP contribution in [0.15, 0.2) is 42.7 Å². The van der Waals surface area contributed by atoms with E-state index < -0.39 is 0 Å². The molecule has 1 aromatic heterocycles. The van der Waals surface area contributed by atoms with Crippen LogP contribution in [0.1, 0.15) is 5.56 Å². The average Bonchev–Trinajstić information content (AvgIpc) is 2.69. The summed E-state index contributed by atoms with van der Waals surface area (Å²) in [5.74, 6) is 1.74. The van der Waals surface area contributed by atoms with Crippen LogP contribution in [-0.2, 0) is 11.3 Å². The first-order chi connectivity index (χ1) is 12.7. The molecule has 0 atom stereocenters. The molecule has 7 nitrogen and oxygen atoms in total. The number of anilines is 1. The molecule has 1 aromatic carbocycles. The molecule has 1 fully saturated rings. The maximum absolute atomic E-state index is 12.6. The van der Waals surface area contributed by atoms with Crippen LogP contribution in [0.25, 0.3) is 0 Å². The van der Waals surface area contributed by atoms with Crippen molar-refractivity contribution in [3.05, 3.63) is 48.3 Å². The van der Waals surface area contributed by atoms with Crippen molar-refractivity contribution in [3.8, 4) is 5.75 Å². The third kappa shape index (κ3) is 4.70. The SMILES string of the molecule is COc1cccc(CN(C)C(=O)C[NH+]2CCN(c3ncccn3)CC2)c1. The van der Waals surface area contributed by atoms with E-state index in [0.717, 1.165) is 43.4 Å². The number of nitrogens with zero attached hydrogens (tertiary/aromatic N) is 4. The minimum absolute atomic E-state index is 0.159. The fourth-order valence-corrected chi connectivity index (χ4v) is 3.14. The molecule has 2 heterocycles. The number of benzene rings is 1. The average molecular weight is 356 g/mol. The van der Waals surface area contributed by atoms with Crippen molar-refractivity contribution in [2.24, 2.45) is 0 Å². The molecule has 138 valence electrons. The molecule has 1 saturated heterocycles. The Morgan fingerprint density at radius 3 is 2.65 bits per heavy atom. The van der Waals surface area contributed by atoms with Gasteiger partial charge in [0.05, 0.1) is 33.3 Å². The van der Waals surface area contributed by atoms with E-state index in [1.165, 1.54) is 4.90 Å². The summed E-state index contributed by atoms with van der Waals surface area (Å²) in [6.07, 6.45) is 3.53. The van der Waals surface area contributed by atoms with Crippen molar-refractivity contribution in [1.29, 1.82) is 0 Å². The normalized spacial score (nSPS) is 14.9. The van der Waals surface area contributed by atoms with Crippen LogP contribution < -0.4 is 14.5 Å². The summed E-state index contributed by atoms with van der Waals surface area (Å²) in [4.78, 5) is 26.4. The molecule has 1 amide bonds. The number of hydrogen-bond donors (Lipinski definition) is 1. The Labute approximate surface area is 154 Å². The second kappa shape index (κ2) is 8.62. The number of rotatable bonds is 6. The summed E-state index contributed by atoms with van der Waals surface area (Å²) < 4.78 is 5.24. The number of ether oxygens (including phenoxy) is 1. The van der Waals surface area contributed by atoms with E-state index in [-0.39, 0.29) is 5.91 Å². The highest BCUT2D eigenvalue weighted by molar-refractivity contribution is 5.76. The van der Waals surface area contributed by atoms with Gasteiger partial charge in [0.25, 0.3) is 5.91 Å². The first-order valence-corrected chi connectivity index (χ1v) is 8.88. The molecule has 0 unspecified atom stereocenters. The van der Waals surface area contributed by atoms with Gasteiger partial charge in [-0.25, -0.2) is 9.97 Å². The smallest absolute Gasteiger partial charge is 0.277 e.